The van der Waals surface area contributed by atoms with E-state index in [1.165, 1.54) is 0 Å². The molecule has 2 heterocycles. The summed E-state index contributed by atoms with van der Waals surface area (Å²) in [6.45, 7) is 6.22. The number of benzene rings is 1. The van der Waals surface area contributed by atoms with Crippen molar-refractivity contribution in [1.82, 2.24) is 10.2 Å². The van der Waals surface area contributed by atoms with Gasteiger partial charge in [0.25, 0.3) is 5.91 Å². The smallest absolute Gasteiger partial charge is 0.257 e. The van der Waals surface area contributed by atoms with Gasteiger partial charge in [0, 0.05) is 25.2 Å². The number of hydrogen-bond acceptors (Lipinski definition) is 2. The quantitative estimate of drug-likeness (QED) is 0.808. The zero-order valence-electron chi connectivity index (χ0n) is 11.9. The van der Waals surface area contributed by atoms with E-state index >= 15 is 0 Å². The second kappa shape index (κ2) is 4.92. The fourth-order valence-corrected chi connectivity index (χ4v) is 3.75. The van der Waals surface area contributed by atoms with Gasteiger partial charge >= 0.3 is 0 Å². The van der Waals surface area contributed by atoms with Crippen molar-refractivity contribution in [2.24, 2.45) is 11.8 Å². The molecule has 0 aromatic heterocycles. The number of rotatable bonds is 1. The molecule has 0 spiro atoms. The van der Waals surface area contributed by atoms with Gasteiger partial charge in [-0.15, -0.1) is 0 Å². The Balaban J connectivity index is 1.94. The molecule has 6 heteroatoms. The van der Waals surface area contributed by atoms with E-state index < -0.39 is 17.5 Å². The summed E-state index contributed by atoms with van der Waals surface area (Å²) in [7, 11) is 0. The molecule has 2 atom stereocenters. The highest BCUT2D eigenvalue weighted by atomic mass is 35.5. The number of carbonyl (C=O) groups excluding carboxylic acids is 1. The lowest BCUT2D eigenvalue weighted by molar-refractivity contribution is 0.0598. The SMILES string of the molecule is CC1(C)C2CNCC2CN1C(=O)c1cc(F)c(Cl)cc1F. The first-order valence-electron chi connectivity index (χ1n) is 6.99. The number of halogens is 3. The number of likely N-dealkylation sites (tertiary alicyclic amines) is 1. The molecule has 2 saturated heterocycles. The lowest BCUT2D eigenvalue weighted by atomic mass is 9.84. The van der Waals surface area contributed by atoms with Crippen LogP contribution in [0.2, 0.25) is 5.02 Å². The molecule has 0 saturated carbocycles. The van der Waals surface area contributed by atoms with Gasteiger partial charge in [0.2, 0.25) is 0 Å². The lowest BCUT2D eigenvalue weighted by Gasteiger charge is -2.35. The zero-order valence-corrected chi connectivity index (χ0v) is 12.7. The second-order valence-electron chi connectivity index (χ2n) is 6.34. The van der Waals surface area contributed by atoms with E-state index in [9.17, 15) is 13.6 Å². The Labute approximate surface area is 127 Å². The van der Waals surface area contributed by atoms with E-state index in [1.807, 2.05) is 13.8 Å². The molecule has 0 aliphatic carbocycles. The predicted octanol–water partition coefficient (Wildman–Crippen LogP) is 2.69. The fourth-order valence-electron chi connectivity index (χ4n) is 3.60. The maximum absolute atomic E-state index is 14.0. The van der Waals surface area contributed by atoms with Crippen molar-refractivity contribution in [3.63, 3.8) is 0 Å². The fraction of sp³-hybridized carbons (Fsp3) is 0.533. The Bertz CT molecular complexity index is 606. The van der Waals surface area contributed by atoms with Crippen LogP contribution in [0.4, 0.5) is 8.78 Å². The lowest BCUT2D eigenvalue weighted by Crippen LogP contribution is -2.47. The first-order valence-corrected chi connectivity index (χ1v) is 7.37. The third-order valence-corrected chi connectivity index (χ3v) is 5.14. The Morgan fingerprint density at radius 2 is 2.05 bits per heavy atom. The summed E-state index contributed by atoms with van der Waals surface area (Å²) in [5.41, 5.74) is -0.633. The average Bonchev–Trinajstić information content (AvgIpc) is 2.96. The molecule has 2 aliphatic heterocycles. The number of fused-ring (bicyclic) bond motifs is 1. The van der Waals surface area contributed by atoms with Gasteiger partial charge in [0.15, 0.2) is 0 Å². The van der Waals surface area contributed by atoms with E-state index in [-0.39, 0.29) is 16.1 Å². The van der Waals surface area contributed by atoms with Gasteiger partial charge in [-0.2, -0.15) is 0 Å². The van der Waals surface area contributed by atoms with Crippen LogP contribution in [0, 0.1) is 23.5 Å². The standard InChI is InChI=1S/C15H17ClF2N2O/c1-15(2)10-6-19-5-8(10)7-20(15)14(21)9-3-13(18)11(16)4-12(9)17/h3-4,8,10,19H,5-7H2,1-2H3. The average molecular weight is 315 g/mol. The minimum Gasteiger partial charge on any atom is -0.333 e. The van der Waals surface area contributed by atoms with Crippen LogP contribution in [-0.2, 0) is 0 Å². The Morgan fingerprint density at radius 3 is 2.71 bits per heavy atom. The summed E-state index contributed by atoms with van der Waals surface area (Å²) in [6.07, 6.45) is 0. The summed E-state index contributed by atoms with van der Waals surface area (Å²) in [5, 5.41) is 3.00. The maximum atomic E-state index is 14.0. The minimum atomic E-state index is -0.780. The molecule has 2 unspecified atom stereocenters. The van der Waals surface area contributed by atoms with Crippen LogP contribution in [0.3, 0.4) is 0 Å². The van der Waals surface area contributed by atoms with Crippen LogP contribution in [0.25, 0.3) is 0 Å². The van der Waals surface area contributed by atoms with Crippen molar-refractivity contribution < 1.29 is 13.6 Å². The molecule has 0 radical (unpaired) electrons. The summed E-state index contributed by atoms with van der Waals surface area (Å²) in [4.78, 5) is 14.3. The van der Waals surface area contributed by atoms with Crippen LogP contribution < -0.4 is 5.32 Å². The van der Waals surface area contributed by atoms with Crippen LogP contribution in [-0.4, -0.2) is 36.0 Å². The number of nitrogens with zero attached hydrogens (tertiary/aromatic N) is 1. The topological polar surface area (TPSA) is 32.3 Å². The first kappa shape index (κ1) is 14.7. The van der Waals surface area contributed by atoms with Crippen molar-refractivity contribution in [2.75, 3.05) is 19.6 Å². The molecule has 1 N–H and O–H groups in total. The summed E-state index contributed by atoms with van der Waals surface area (Å²) >= 11 is 5.54. The molecule has 3 nitrogen and oxygen atoms in total. The highest BCUT2D eigenvalue weighted by Crippen LogP contribution is 2.41. The van der Waals surface area contributed by atoms with E-state index in [0.717, 1.165) is 25.2 Å². The van der Waals surface area contributed by atoms with Crippen LogP contribution >= 0.6 is 11.6 Å². The molecule has 21 heavy (non-hydrogen) atoms. The molecule has 1 amide bonds. The molecular formula is C15H17ClF2N2O. The van der Waals surface area contributed by atoms with Gasteiger partial charge in [-0.3, -0.25) is 4.79 Å². The molecule has 1 aromatic rings. The van der Waals surface area contributed by atoms with Crippen LogP contribution in [0.15, 0.2) is 12.1 Å². The number of carbonyl (C=O) groups is 1. The van der Waals surface area contributed by atoms with Gasteiger partial charge in [0.1, 0.15) is 11.6 Å². The van der Waals surface area contributed by atoms with Crippen LogP contribution in [0.5, 0.6) is 0 Å². The maximum Gasteiger partial charge on any atom is 0.257 e. The molecule has 114 valence electrons. The molecule has 0 bridgehead atoms. The second-order valence-corrected chi connectivity index (χ2v) is 6.75. The van der Waals surface area contributed by atoms with E-state index in [4.69, 9.17) is 11.6 Å². The summed E-state index contributed by atoms with van der Waals surface area (Å²) in [6, 6.07) is 1.75. The van der Waals surface area contributed by atoms with Gasteiger partial charge < -0.3 is 10.2 Å². The molecular weight excluding hydrogens is 298 g/mol. The molecule has 3 rings (SSSR count). The highest BCUT2D eigenvalue weighted by Gasteiger charge is 2.51. The van der Waals surface area contributed by atoms with Crippen molar-refractivity contribution in [3.05, 3.63) is 34.4 Å². The third kappa shape index (κ3) is 2.23. The van der Waals surface area contributed by atoms with Gasteiger partial charge in [-0.1, -0.05) is 11.6 Å². The summed E-state index contributed by atoms with van der Waals surface area (Å²) < 4.78 is 27.5. The number of hydrogen-bond donors (Lipinski definition) is 1. The minimum absolute atomic E-state index is 0.252. The van der Waals surface area contributed by atoms with Crippen LogP contribution in [0.1, 0.15) is 24.2 Å². The Morgan fingerprint density at radius 1 is 1.33 bits per heavy atom. The van der Waals surface area contributed by atoms with E-state index in [1.54, 1.807) is 4.90 Å². The van der Waals surface area contributed by atoms with E-state index in [0.29, 0.717) is 18.4 Å². The van der Waals surface area contributed by atoms with Crippen molar-refractivity contribution in [3.8, 4) is 0 Å². The Hall–Kier alpha value is -1.20. The number of amides is 1. The predicted molar refractivity (Wildman–Crippen MR) is 76.3 cm³/mol. The Kier molecular flexibility index (Phi) is 3.45. The van der Waals surface area contributed by atoms with Crippen molar-refractivity contribution >= 4 is 17.5 Å². The molecule has 1 aromatic carbocycles. The molecule has 2 fully saturated rings. The van der Waals surface area contributed by atoms with Crippen molar-refractivity contribution in [1.29, 1.82) is 0 Å². The summed E-state index contributed by atoms with van der Waals surface area (Å²) in [5.74, 6) is -1.33. The van der Waals surface area contributed by atoms with Gasteiger partial charge in [-0.05, 0) is 37.8 Å². The number of nitrogens with one attached hydrogen (secondary N) is 1. The largest absolute Gasteiger partial charge is 0.333 e. The zero-order chi connectivity index (χ0) is 15.4. The highest BCUT2D eigenvalue weighted by molar-refractivity contribution is 6.30. The van der Waals surface area contributed by atoms with Gasteiger partial charge in [0.05, 0.1) is 10.6 Å². The normalized spacial score (nSPS) is 27.0. The van der Waals surface area contributed by atoms with Gasteiger partial charge in [-0.25, -0.2) is 8.78 Å². The van der Waals surface area contributed by atoms with Crippen molar-refractivity contribution in [2.45, 2.75) is 19.4 Å². The van der Waals surface area contributed by atoms with E-state index in [2.05, 4.69) is 5.32 Å². The molecule has 2 aliphatic rings. The first-order chi connectivity index (χ1) is 9.82. The monoisotopic (exact) mass is 314 g/mol. The third-order valence-electron chi connectivity index (χ3n) is 4.85.